The van der Waals surface area contributed by atoms with Gasteiger partial charge in [-0.3, -0.25) is 9.69 Å². The van der Waals surface area contributed by atoms with E-state index in [0.29, 0.717) is 13.0 Å². The number of ether oxygens (including phenoxy) is 2. The average molecular weight is 449 g/mol. The van der Waals surface area contributed by atoms with Gasteiger partial charge in [-0.1, -0.05) is 32.0 Å². The fourth-order valence-electron chi connectivity index (χ4n) is 4.17. The molecule has 0 aromatic heterocycles. The first-order chi connectivity index (χ1) is 15.0. The van der Waals surface area contributed by atoms with Gasteiger partial charge in [-0.2, -0.15) is 13.2 Å². The van der Waals surface area contributed by atoms with Crippen molar-refractivity contribution in [1.29, 1.82) is 0 Å². The Balaban J connectivity index is 1.95. The number of hydrogen-bond acceptors (Lipinski definition) is 5. The van der Waals surface area contributed by atoms with Crippen molar-refractivity contribution in [3.8, 4) is 5.75 Å². The van der Waals surface area contributed by atoms with Gasteiger partial charge in [0.25, 0.3) is 5.91 Å². The molecule has 0 saturated carbocycles. The van der Waals surface area contributed by atoms with Gasteiger partial charge < -0.3 is 14.6 Å². The van der Waals surface area contributed by atoms with Gasteiger partial charge in [0.05, 0.1) is 23.5 Å². The standard InChI is InChI=1S/C23H22F3NO5/c1-13(2)11-22(30,23(24,25)26)21(29)27(18-8-3-5-14-9-10-31-19(14)18)17-7-4-6-15-16(17)12-32-20(15)28/h3-8,13,30H,9-12H2,1-2H3. The van der Waals surface area contributed by atoms with Crippen LogP contribution in [0.5, 0.6) is 5.75 Å². The quantitative estimate of drug-likeness (QED) is 0.689. The minimum Gasteiger partial charge on any atom is -0.491 e. The molecule has 0 bridgehead atoms. The Hall–Kier alpha value is -3.07. The van der Waals surface area contributed by atoms with Crippen molar-refractivity contribution in [2.24, 2.45) is 5.92 Å². The molecule has 2 aliphatic heterocycles. The van der Waals surface area contributed by atoms with Gasteiger partial charge in [0.15, 0.2) is 0 Å². The minimum atomic E-state index is -5.23. The van der Waals surface area contributed by atoms with E-state index in [2.05, 4.69) is 0 Å². The molecule has 2 aromatic rings. The molecular weight excluding hydrogens is 427 g/mol. The molecule has 6 nitrogen and oxygen atoms in total. The van der Waals surface area contributed by atoms with Crippen molar-refractivity contribution >= 4 is 23.3 Å². The summed E-state index contributed by atoms with van der Waals surface area (Å²) < 4.78 is 53.0. The monoisotopic (exact) mass is 449 g/mol. The third-order valence-corrected chi connectivity index (χ3v) is 5.62. The first kappa shape index (κ1) is 22.1. The Morgan fingerprint density at radius 1 is 1.12 bits per heavy atom. The van der Waals surface area contributed by atoms with Gasteiger partial charge in [0.1, 0.15) is 12.4 Å². The molecule has 0 radical (unpaired) electrons. The number of benzene rings is 2. The molecule has 4 rings (SSSR count). The maximum absolute atomic E-state index is 14.1. The highest BCUT2D eigenvalue weighted by atomic mass is 19.4. The lowest BCUT2D eigenvalue weighted by atomic mass is 9.89. The Morgan fingerprint density at radius 3 is 2.50 bits per heavy atom. The molecule has 2 aromatic carbocycles. The van der Waals surface area contributed by atoms with Crippen LogP contribution in [0.4, 0.5) is 24.5 Å². The Morgan fingerprint density at radius 2 is 1.81 bits per heavy atom. The summed E-state index contributed by atoms with van der Waals surface area (Å²) in [5, 5.41) is 10.8. The number of rotatable bonds is 5. The van der Waals surface area contributed by atoms with E-state index in [4.69, 9.17) is 9.47 Å². The molecule has 1 unspecified atom stereocenters. The van der Waals surface area contributed by atoms with Crippen LogP contribution in [0.3, 0.4) is 0 Å². The van der Waals surface area contributed by atoms with Crippen LogP contribution in [0.25, 0.3) is 0 Å². The lowest BCUT2D eigenvalue weighted by Gasteiger charge is -2.36. The second-order valence-corrected chi connectivity index (χ2v) is 8.34. The number of carbonyl (C=O) groups is 2. The highest BCUT2D eigenvalue weighted by Gasteiger charge is 2.61. The zero-order chi connectivity index (χ0) is 23.3. The number of halogens is 3. The van der Waals surface area contributed by atoms with Gasteiger partial charge in [-0.05, 0) is 36.1 Å². The number of aliphatic hydroxyl groups is 1. The smallest absolute Gasteiger partial charge is 0.426 e. The highest BCUT2D eigenvalue weighted by molar-refractivity contribution is 6.09. The van der Waals surface area contributed by atoms with E-state index in [1.54, 1.807) is 12.1 Å². The Labute approximate surface area is 182 Å². The lowest BCUT2D eigenvalue weighted by Crippen LogP contribution is -2.58. The van der Waals surface area contributed by atoms with Crippen LogP contribution in [-0.2, 0) is 22.6 Å². The highest BCUT2D eigenvalue weighted by Crippen LogP contribution is 2.46. The van der Waals surface area contributed by atoms with E-state index in [1.807, 2.05) is 0 Å². The van der Waals surface area contributed by atoms with E-state index in [1.165, 1.54) is 38.1 Å². The SMILES string of the molecule is CC(C)CC(O)(C(=O)N(c1cccc2c1COC2=O)c1cccc2c1OCC2)C(F)(F)F. The van der Waals surface area contributed by atoms with Crippen LogP contribution < -0.4 is 9.64 Å². The summed E-state index contributed by atoms with van der Waals surface area (Å²) in [5.74, 6) is -2.54. The summed E-state index contributed by atoms with van der Waals surface area (Å²) in [6.07, 6.45) is -5.52. The molecule has 2 heterocycles. The molecule has 1 atom stereocenters. The van der Waals surface area contributed by atoms with Gasteiger partial charge in [-0.15, -0.1) is 0 Å². The van der Waals surface area contributed by atoms with Crippen molar-refractivity contribution in [3.63, 3.8) is 0 Å². The summed E-state index contributed by atoms with van der Waals surface area (Å²) in [6, 6.07) is 9.21. The van der Waals surface area contributed by atoms with Crippen molar-refractivity contribution in [3.05, 3.63) is 53.1 Å². The zero-order valence-corrected chi connectivity index (χ0v) is 17.5. The molecule has 9 heteroatoms. The third-order valence-electron chi connectivity index (χ3n) is 5.62. The Kier molecular flexibility index (Phi) is 5.40. The molecule has 0 spiro atoms. The molecule has 0 fully saturated rings. The minimum absolute atomic E-state index is 0.0358. The van der Waals surface area contributed by atoms with Crippen LogP contribution in [0.15, 0.2) is 36.4 Å². The topological polar surface area (TPSA) is 76.1 Å². The average Bonchev–Trinajstić information content (AvgIpc) is 3.34. The first-order valence-electron chi connectivity index (χ1n) is 10.2. The summed E-state index contributed by atoms with van der Waals surface area (Å²) in [6.45, 7) is 3.10. The number of hydrogen-bond donors (Lipinski definition) is 1. The predicted octanol–water partition coefficient (Wildman–Crippen LogP) is 4.30. The predicted molar refractivity (Wildman–Crippen MR) is 109 cm³/mol. The molecule has 0 aliphatic carbocycles. The lowest BCUT2D eigenvalue weighted by molar-refractivity contribution is -0.254. The fourth-order valence-corrected chi connectivity index (χ4v) is 4.17. The number of anilines is 2. The van der Waals surface area contributed by atoms with Crippen molar-refractivity contribution < 1.29 is 37.3 Å². The summed E-state index contributed by atoms with van der Waals surface area (Å²) >= 11 is 0. The van der Waals surface area contributed by atoms with Crippen molar-refractivity contribution in [2.75, 3.05) is 11.5 Å². The molecule has 0 saturated heterocycles. The van der Waals surface area contributed by atoms with E-state index in [9.17, 15) is 27.9 Å². The number of para-hydroxylation sites is 1. The van der Waals surface area contributed by atoms with Crippen LogP contribution in [0, 0.1) is 5.92 Å². The number of carbonyl (C=O) groups excluding carboxylic acids is 2. The maximum atomic E-state index is 14.1. The van der Waals surface area contributed by atoms with Crippen LogP contribution in [0.2, 0.25) is 0 Å². The fraction of sp³-hybridized carbons (Fsp3) is 0.391. The molecule has 32 heavy (non-hydrogen) atoms. The normalized spacial score (nSPS) is 16.8. The summed E-state index contributed by atoms with van der Waals surface area (Å²) in [5.41, 5.74) is -2.37. The van der Waals surface area contributed by atoms with Crippen molar-refractivity contribution in [1.82, 2.24) is 0 Å². The number of cyclic esters (lactones) is 1. The number of alkyl halides is 3. The Bertz CT molecular complexity index is 1080. The van der Waals surface area contributed by atoms with Crippen LogP contribution in [-0.4, -0.2) is 35.4 Å². The van der Waals surface area contributed by atoms with Gasteiger partial charge in [0.2, 0.25) is 5.60 Å². The van der Waals surface area contributed by atoms with Gasteiger partial charge in [-0.25, -0.2) is 4.79 Å². The number of esters is 1. The summed E-state index contributed by atoms with van der Waals surface area (Å²) in [4.78, 5) is 26.5. The molecule has 2 aliphatic rings. The van der Waals surface area contributed by atoms with Crippen LogP contribution in [0.1, 0.15) is 41.8 Å². The number of nitrogens with zero attached hydrogens (tertiary/aromatic N) is 1. The van der Waals surface area contributed by atoms with Gasteiger partial charge in [0, 0.05) is 12.0 Å². The number of fused-ring (bicyclic) bond motifs is 2. The van der Waals surface area contributed by atoms with E-state index in [-0.39, 0.29) is 34.9 Å². The zero-order valence-electron chi connectivity index (χ0n) is 17.5. The van der Waals surface area contributed by atoms with E-state index in [0.717, 1.165) is 10.5 Å². The van der Waals surface area contributed by atoms with Gasteiger partial charge >= 0.3 is 12.1 Å². The molecule has 170 valence electrons. The van der Waals surface area contributed by atoms with E-state index < -0.39 is 36.0 Å². The third kappa shape index (κ3) is 3.50. The molecular formula is C23H22F3NO5. The first-order valence-corrected chi connectivity index (χ1v) is 10.2. The molecule has 1 N–H and O–H groups in total. The maximum Gasteiger partial charge on any atom is 0.426 e. The van der Waals surface area contributed by atoms with E-state index >= 15 is 0 Å². The van der Waals surface area contributed by atoms with Crippen molar-refractivity contribution in [2.45, 2.75) is 45.1 Å². The summed E-state index contributed by atoms with van der Waals surface area (Å²) in [7, 11) is 0. The largest absolute Gasteiger partial charge is 0.491 e. The number of amides is 1. The second-order valence-electron chi connectivity index (χ2n) is 8.34. The second kappa shape index (κ2) is 7.81. The van der Waals surface area contributed by atoms with Crippen LogP contribution >= 0.6 is 0 Å². The molecule has 1 amide bonds.